The van der Waals surface area contributed by atoms with E-state index in [9.17, 15) is 4.57 Å². The van der Waals surface area contributed by atoms with Gasteiger partial charge in [0, 0.05) is 0 Å². The average molecular weight is 230 g/mol. The van der Waals surface area contributed by atoms with Crippen molar-refractivity contribution < 1.29 is 13.6 Å². The Morgan fingerprint density at radius 1 is 1.50 bits per heavy atom. The summed E-state index contributed by atoms with van der Waals surface area (Å²) in [4.78, 5) is 0. The third-order valence-corrected chi connectivity index (χ3v) is 1.95. The van der Waals surface area contributed by atoms with Crippen LogP contribution in [0.15, 0.2) is 0 Å². The van der Waals surface area contributed by atoms with Crippen molar-refractivity contribution in [3.63, 3.8) is 0 Å². The summed E-state index contributed by atoms with van der Waals surface area (Å²) < 4.78 is 16.0. The monoisotopic (exact) mass is 229 g/mol. The summed E-state index contributed by atoms with van der Waals surface area (Å²) in [6, 6.07) is 0. The summed E-state index contributed by atoms with van der Waals surface area (Å²) in [7, 11) is 6.18. The van der Waals surface area contributed by atoms with Crippen LogP contribution < -0.4 is 0 Å². The quantitative estimate of drug-likeness (QED) is 0.543. The SMILES string of the molecule is C[N+](C)(C)CCO[P+](=O)Br. The second-order valence-electron chi connectivity index (χ2n) is 3.06. The van der Waals surface area contributed by atoms with Crippen molar-refractivity contribution in [1.29, 1.82) is 0 Å². The van der Waals surface area contributed by atoms with E-state index in [4.69, 9.17) is 4.52 Å². The highest BCUT2D eigenvalue weighted by Gasteiger charge is 2.14. The highest BCUT2D eigenvalue weighted by atomic mass is 79.9. The van der Waals surface area contributed by atoms with Crippen molar-refractivity contribution in [3.05, 3.63) is 0 Å². The van der Waals surface area contributed by atoms with E-state index >= 15 is 0 Å². The second-order valence-corrected chi connectivity index (χ2v) is 5.48. The van der Waals surface area contributed by atoms with Crippen LogP contribution in [0.25, 0.3) is 0 Å². The van der Waals surface area contributed by atoms with Crippen molar-refractivity contribution in [2.75, 3.05) is 34.3 Å². The fraction of sp³-hybridized carbons (Fsp3) is 1.00. The molecule has 0 bridgehead atoms. The molecule has 0 aromatic carbocycles. The van der Waals surface area contributed by atoms with Gasteiger partial charge in [0.1, 0.15) is 6.54 Å². The first-order chi connectivity index (χ1) is 4.42. The van der Waals surface area contributed by atoms with Crippen LogP contribution in [-0.2, 0) is 9.09 Å². The van der Waals surface area contributed by atoms with Gasteiger partial charge in [0.25, 0.3) is 0 Å². The van der Waals surface area contributed by atoms with E-state index in [1.165, 1.54) is 0 Å². The minimum absolute atomic E-state index is 0.532. The number of hydrogen-bond donors (Lipinski definition) is 0. The molecule has 3 nitrogen and oxygen atoms in total. The fourth-order valence-electron chi connectivity index (χ4n) is 0.386. The predicted octanol–water partition coefficient (Wildman–Crippen LogP) is 1.76. The molecule has 0 fully saturated rings. The van der Waals surface area contributed by atoms with E-state index < -0.39 is 6.73 Å². The second kappa shape index (κ2) is 4.39. The van der Waals surface area contributed by atoms with Crippen molar-refractivity contribution in [2.24, 2.45) is 0 Å². The van der Waals surface area contributed by atoms with Crippen molar-refractivity contribution in [2.45, 2.75) is 0 Å². The van der Waals surface area contributed by atoms with E-state index in [-0.39, 0.29) is 0 Å². The van der Waals surface area contributed by atoms with Gasteiger partial charge in [0.05, 0.1) is 21.1 Å². The largest absolute Gasteiger partial charge is 0.590 e. The van der Waals surface area contributed by atoms with Crippen LogP contribution in [-0.4, -0.2) is 38.8 Å². The third kappa shape index (κ3) is 8.50. The minimum atomic E-state index is -1.60. The normalized spacial score (nSPS) is 13.4. The first kappa shape index (κ1) is 10.5. The lowest BCUT2D eigenvalue weighted by atomic mass is 10.5. The van der Waals surface area contributed by atoms with E-state index in [2.05, 4.69) is 36.6 Å². The molecule has 0 aromatic rings. The molecule has 0 radical (unpaired) electrons. The Bertz CT molecular complexity index is 123. The van der Waals surface area contributed by atoms with Crippen LogP contribution in [0.3, 0.4) is 0 Å². The molecule has 0 amide bonds. The molecule has 1 atom stereocenters. The van der Waals surface area contributed by atoms with Gasteiger partial charge in [-0.25, -0.2) is 0 Å². The van der Waals surface area contributed by atoms with Crippen molar-refractivity contribution >= 4 is 22.2 Å². The first-order valence-corrected chi connectivity index (χ1v) is 6.18. The lowest BCUT2D eigenvalue weighted by Gasteiger charge is -2.21. The molecule has 0 aliphatic heterocycles. The Balaban J connectivity index is 3.29. The molecule has 0 saturated heterocycles. The summed E-state index contributed by atoms with van der Waals surface area (Å²) in [6.07, 6.45) is 0. The molecular formula is C5H13BrNO2P+2. The molecule has 1 unspecified atom stereocenters. The molecule has 0 N–H and O–H groups in total. The Morgan fingerprint density at radius 3 is 2.30 bits per heavy atom. The molecule has 0 rings (SSSR count). The maximum absolute atomic E-state index is 10.4. The first-order valence-electron chi connectivity index (χ1n) is 2.98. The summed E-state index contributed by atoms with van der Waals surface area (Å²) in [6.45, 7) is -0.202. The zero-order chi connectivity index (χ0) is 8.20. The molecule has 0 saturated carbocycles. The van der Waals surface area contributed by atoms with Gasteiger partial charge >= 0.3 is 22.2 Å². The Hall–Kier alpha value is 0.500. The number of quaternary nitrogens is 1. The van der Waals surface area contributed by atoms with Crippen LogP contribution >= 0.6 is 22.2 Å². The number of likely N-dealkylation sites (N-methyl/N-ethyl adjacent to an activating group) is 1. The van der Waals surface area contributed by atoms with Gasteiger partial charge in [-0.15, -0.1) is 4.52 Å². The maximum Gasteiger partial charge on any atom is 0.590 e. The summed E-state index contributed by atoms with van der Waals surface area (Å²) in [5.41, 5.74) is 0. The van der Waals surface area contributed by atoms with E-state index in [1.54, 1.807) is 0 Å². The highest BCUT2D eigenvalue weighted by molar-refractivity contribution is 9.37. The smallest absolute Gasteiger partial charge is 0.329 e. The van der Waals surface area contributed by atoms with E-state index in [0.717, 1.165) is 11.0 Å². The predicted molar refractivity (Wildman–Crippen MR) is 45.4 cm³/mol. The van der Waals surface area contributed by atoms with Gasteiger partial charge in [-0.2, -0.15) is 0 Å². The van der Waals surface area contributed by atoms with Crippen LogP contribution in [0.4, 0.5) is 0 Å². The van der Waals surface area contributed by atoms with Gasteiger partial charge in [-0.3, -0.25) is 0 Å². The van der Waals surface area contributed by atoms with Gasteiger partial charge < -0.3 is 4.48 Å². The molecule has 0 aliphatic rings. The number of halogens is 1. The van der Waals surface area contributed by atoms with Crippen molar-refractivity contribution in [1.82, 2.24) is 0 Å². The minimum Gasteiger partial charge on any atom is -0.329 e. The lowest BCUT2D eigenvalue weighted by molar-refractivity contribution is -0.870. The van der Waals surface area contributed by atoms with Crippen LogP contribution in [0.5, 0.6) is 0 Å². The standard InChI is InChI=1S/C5H13BrNO2P/c1-7(2,3)4-5-9-10(6)8/h4-5H2,1-3H3/q+2. The summed E-state index contributed by atoms with van der Waals surface area (Å²) in [5, 5.41) is 0. The molecule has 0 spiro atoms. The summed E-state index contributed by atoms with van der Waals surface area (Å²) >= 11 is 2.82. The number of nitrogens with zero attached hydrogens (tertiary/aromatic N) is 1. The van der Waals surface area contributed by atoms with Gasteiger partial charge in [-0.1, -0.05) is 0 Å². The molecule has 60 valence electrons. The fourth-order valence-corrected chi connectivity index (χ4v) is 1.05. The van der Waals surface area contributed by atoms with Gasteiger partial charge in [0.15, 0.2) is 6.61 Å². The topological polar surface area (TPSA) is 26.3 Å². The lowest BCUT2D eigenvalue weighted by Crippen LogP contribution is -2.37. The number of rotatable bonds is 4. The Kier molecular flexibility index (Phi) is 4.61. The molecule has 0 aliphatic carbocycles. The zero-order valence-corrected chi connectivity index (χ0v) is 8.98. The van der Waals surface area contributed by atoms with E-state index in [0.29, 0.717) is 6.61 Å². The zero-order valence-electron chi connectivity index (χ0n) is 6.50. The molecule has 0 heterocycles. The highest BCUT2D eigenvalue weighted by Crippen LogP contribution is 2.30. The maximum atomic E-state index is 10.4. The summed E-state index contributed by atoms with van der Waals surface area (Å²) in [5.74, 6) is 0. The molecule has 0 aromatic heterocycles. The average Bonchev–Trinajstić information content (AvgIpc) is 1.59. The Labute approximate surface area is 70.6 Å². The van der Waals surface area contributed by atoms with Crippen molar-refractivity contribution in [3.8, 4) is 0 Å². The molecular weight excluding hydrogens is 217 g/mol. The Morgan fingerprint density at radius 2 is 2.00 bits per heavy atom. The van der Waals surface area contributed by atoms with Crippen LogP contribution in [0.1, 0.15) is 0 Å². The van der Waals surface area contributed by atoms with Gasteiger partial charge in [-0.05, 0) is 4.57 Å². The third-order valence-electron chi connectivity index (χ3n) is 0.955. The van der Waals surface area contributed by atoms with E-state index in [1.807, 2.05) is 0 Å². The van der Waals surface area contributed by atoms with Crippen LogP contribution in [0.2, 0.25) is 0 Å². The molecule has 10 heavy (non-hydrogen) atoms. The number of hydrogen-bond acceptors (Lipinski definition) is 2. The van der Waals surface area contributed by atoms with Crippen LogP contribution in [0, 0.1) is 0 Å². The van der Waals surface area contributed by atoms with Gasteiger partial charge in [0.2, 0.25) is 0 Å². The molecule has 5 heteroatoms.